The largest absolute Gasteiger partial charge is 0.374 e. The summed E-state index contributed by atoms with van der Waals surface area (Å²) in [7, 11) is 0. The number of aromatic nitrogens is 2. The highest BCUT2D eigenvalue weighted by Crippen LogP contribution is 2.38. The van der Waals surface area contributed by atoms with E-state index in [1.807, 2.05) is 109 Å². The third kappa shape index (κ3) is 6.61. The van der Waals surface area contributed by atoms with Crippen LogP contribution in [0.5, 0.6) is 0 Å². The zero-order valence-corrected chi connectivity index (χ0v) is 22.6. The van der Waals surface area contributed by atoms with Gasteiger partial charge >= 0.3 is 0 Å². The summed E-state index contributed by atoms with van der Waals surface area (Å²) in [5.41, 5.74) is 3.87. The van der Waals surface area contributed by atoms with Gasteiger partial charge in [0.1, 0.15) is 30.1 Å². The third-order valence-electron chi connectivity index (χ3n) is 7.22. The van der Waals surface area contributed by atoms with Crippen molar-refractivity contribution in [1.82, 2.24) is 9.97 Å². The second kappa shape index (κ2) is 13.0. The SMILES string of the molecule is O=c1[nH]c2ncccc2cc1C1OC(COCc2ccccc2)C(OCc2ccccc2)C1OCc1ccccc1. The Morgan fingerprint density at radius 1 is 0.707 bits per heavy atom. The molecule has 7 heteroatoms. The van der Waals surface area contributed by atoms with Crippen molar-refractivity contribution in [2.45, 2.75) is 44.2 Å². The first kappa shape index (κ1) is 27.1. The molecule has 1 N–H and O–H groups in total. The van der Waals surface area contributed by atoms with E-state index in [-0.39, 0.29) is 12.2 Å². The van der Waals surface area contributed by atoms with E-state index in [4.69, 9.17) is 18.9 Å². The van der Waals surface area contributed by atoms with Gasteiger partial charge in [0.25, 0.3) is 5.56 Å². The zero-order chi connectivity index (χ0) is 27.9. The molecule has 2 aromatic heterocycles. The van der Waals surface area contributed by atoms with E-state index in [2.05, 4.69) is 9.97 Å². The summed E-state index contributed by atoms with van der Waals surface area (Å²) in [5.74, 6) is 0. The molecule has 208 valence electrons. The van der Waals surface area contributed by atoms with Gasteiger partial charge in [0.15, 0.2) is 0 Å². The summed E-state index contributed by atoms with van der Waals surface area (Å²) in [6, 6.07) is 35.5. The van der Waals surface area contributed by atoms with Crippen LogP contribution < -0.4 is 5.56 Å². The maximum Gasteiger partial charge on any atom is 0.255 e. The Balaban J connectivity index is 1.31. The van der Waals surface area contributed by atoms with E-state index in [1.165, 1.54) is 0 Å². The van der Waals surface area contributed by atoms with Crippen LogP contribution in [-0.4, -0.2) is 34.9 Å². The molecule has 6 rings (SSSR count). The van der Waals surface area contributed by atoms with Crippen LogP contribution in [0.2, 0.25) is 0 Å². The Hall–Kier alpha value is -4.14. The van der Waals surface area contributed by atoms with Crippen LogP contribution in [0, 0.1) is 0 Å². The van der Waals surface area contributed by atoms with Crippen molar-refractivity contribution in [2.24, 2.45) is 0 Å². The summed E-state index contributed by atoms with van der Waals surface area (Å²) >= 11 is 0. The number of aromatic amines is 1. The minimum Gasteiger partial charge on any atom is -0.374 e. The van der Waals surface area contributed by atoms with Gasteiger partial charge < -0.3 is 23.9 Å². The van der Waals surface area contributed by atoms with Crippen molar-refractivity contribution in [3.63, 3.8) is 0 Å². The Morgan fingerprint density at radius 2 is 1.29 bits per heavy atom. The molecule has 0 amide bonds. The molecule has 4 unspecified atom stereocenters. The molecule has 1 fully saturated rings. The maximum atomic E-state index is 13.3. The average molecular weight is 549 g/mol. The molecule has 5 aromatic rings. The van der Waals surface area contributed by atoms with E-state index in [0.717, 1.165) is 22.1 Å². The molecule has 0 aliphatic carbocycles. The summed E-state index contributed by atoms with van der Waals surface area (Å²) in [6.45, 7) is 1.44. The molecular weight excluding hydrogens is 516 g/mol. The Morgan fingerprint density at radius 3 is 1.93 bits per heavy atom. The summed E-state index contributed by atoms with van der Waals surface area (Å²) < 4.78 is 25.8. The van der Waals surface area contributed by atoms with Gasteiger partial charge in [0.2, 0.25) is 0 Å². The highest BCUT2D eigenvalue weighted by atomic mass is 16.6. The number of hydrogen-bond acceptors (Lipinski definition) is 6. The van der Waals surface area contributed by atoms with Gasteiger partial charge in [-0.25, -0.2) is 4.98 Å². The molecule has 1 aliphatic heterocycles. The molecule has 0 bridgehead atoms. The molecule has 3 heterocycles. The lowest BCUT2D eigenvalue weighted by Crippen LogP contribution is -2.38. The normalized spacial score (nSPS) is 20.4. The third-order valence-corrected chi connectivity index (χ3v) is 7.22. The van der Waals surface area contributed by atoms with Gasteiger partial charge in [-0.2, -0.15) is 0 Å². The van der Waals surface area contributed by atoms with Crippen LogP contribution in [-0.2, 0) is 38.8 Å². The Labute approximate surface area is 238 Å². The molecule has 3 aromatic carbocycles. The minimum absolute atomic E-state index is 0.262. The molecule has 1 saturated heterocycles. The number of nitrogens with one attached hydrogen (secondary N) is 1. The van der Waals surface area contributed by atoms with Gasteiger partial charge in [-0.05, 0) is 34.9 Å². The van der Waals surface area contributed by atoms with Gasteiger partial charge in [-0.15, -0.1) is 0 Å². The summed E-state index contributed by atoms with van der Waals surface area (Å²) in [5, 5.41) is 0.818. The monoisotopic (exact) mass is 548 g/mol. The average Bonchev–Trinajstić information content (AvgIpc) is 3.36. The van der Waals surface area contributed by atoms with Crippen molar-refractivity contribution < 1.29 is 18.9 Å². The highest BCUT2D eigenvalue weighted by molar-refractivity contribution is 5.74. The first-order chi connectivity index (χ1) is 20.2. The van der Waals surface area contributed by atoms with Crippen LogP contribution in [0.15, 0.2) is 120 Å². The maximum absolute atomic E-state index is 13.3. The second-order valence-corrected chi connectivity index (χ2v) is 10.1. The van der Waals surface area contributed by atoms with Crippen molar-refractivity contribution in [1.29, 1.82) is 0 Å². The number of rotatable bonds is 11. The van der Waals surface area contributed by atoms with E-state index in [9.17, 15) is 4.79 Å². The first-order valence-corrected chi connectivity index (χ1v) is 13.8. The molecule has 4 atom stereocenters. The predicted molar refractivity (Wildman–Crippen MR) is 156 cm³/mol. The number of fused-ring (bicyclic) bond motifs is 1. The first-order valence-electron chi connectivity index (χ1n) is 13.8. The lowest BCUT2D eigenvalue weighted by molar-refractivity contribution is -0.0898. The number of hydrogen-bond donors (Lipinski definition) is 1. The van der Waals surface area contributed by atoms with Crippen molar-refractivity contribution in [3.8, 4) is 0 Å². The molecule has 0 spiro atoms. The summed E-state index contributed by atoms with van der Waals surface area (Å²) in [6.07, 6.45) is -0.512. The van der Waals surface area contributed by atoms with Crippen LogP contribution in [0.3, 0.4) is 0 Å². The van der Waals surface area contributed by atoms with E-state index < -0.39 is 24.4 Å². The van der Waals surface area contributed by atoms with E-state index in [0.29, 0.717) is 31.0 Å². The number of benzene rings is 3. The lowest BCUT2D eigenvalue weighted by Gasteiger charge is -2.25. The van der Waals surface area contributed by atoms with Gasteiger partial charge in [0, 0.05) is 17.1 Å². The topological polar surface area (TPSA) is 82.7 Å². The molecule has 1 aliphatic rings. The quantitative estimate of drug-likeness (QED) is 0.226. The van der Waals surface area contributed by atoms with Crippen LogP contribution in [0.25, 0.3) is 11.0 Å². The zero-order valence-electron chi connectivity index (χ0n) is 22.6. The van der Waals surface area contributed by atoms with E-state index in [1.54, 1.807) is 6.20 Å². The van der Waals surface area contributed by atoms with Gasteiger partial charge in [0.05, 0.1) is 26.4 Å². The molecular formula is C34H32N2O5. The lowest BCUT2D eigenvalue weighted by atomic mass is 10.0. The van der Waals surface area contributed by atoms with Crippen molar-refractivity contribution >= 4 is 11.0 Å². The Kier molecular flexibility index (Phi) is 8.59. The molecule has 0 radical (unpaired) electrons. The van der Waals surface area contributed by atoms with Gasteiger partial charge in [-0.1, -0.05) is 91.0 Å². The second-order valence-electron chi connectivity index (χ2n) is 10.1. The standard InChI is InChI=1S/C34H32N2O5/c37-34-28(19-27-17-10-18-35-33(27)36-34)30-32(40-22-26-15-8-3-9-16-26)31(39-21-25-13-6-2-7-14-25)29(41-30)23-38-20-24-11-4-1-5-12-24/h1-19,29-32H,20-23H2,(H,35,36,37). The minimum atomic E-state index is -0.668. The molecule has 0 saturated carbocycles. The van der Waals surface area contributed by atoms with Crippen molar-refractivity contribution in [2.75, 3.05) is 6.61 Å². The van der Waals surface area contributed by atoms with Crippen LogP contribution >= 0.6 is 0 Å². The fourth-order valence-corrected chi connectivity index (χ4v) is 5.16. The summed E-state index contributed by atoms with van der Waals surface area (Å²) in [4.78, 5) is 20.5. The number of pyridine rings is 2. The number of ether oxygens (including phenoxy) is 4. The Bertz CT molecular complexity index is 1590. The van der Waals surface area contributed by atoms with Gasteiger partial charge in [-0.3, -0.25) is 4.79 Å². The number of H-pyrrole nitrogens is 1. The van der Waals surface area contributed by atoms with Crippen molar-refractivity contribution in [3.05, 3.63) is 148 Å². The van der Waals surface area contributed by atoms with Crippen LogP contribution in [0.4, 0.5) is 0 Å². The predicted octanol–water partition coefficient (Wildman–Crippen LogP) is 5.75. The smallest absolute Gasteiger partial charge is 0.255 e. The fraction of sp³-hybridized carbons (Fsp3) is 0.235. The fourth-order valence-electron chi connectivity index (χ4n) is 5.16. The molecule has 41 heavy (non-hydrogen) atoms. The highest BCUT2D eigenvalue weighted by Gasteiger charge is 2.48. The number of nitrogens with zero attached hydrogens (tertiary/aromatic N) is 1. The molecule has 7 nitrogen and oxygen atoms in total. The van der Waals surface area contributed by atoms with Crippen LogP contribution in [0.1, 0.15) is 28.4 Å². The van der Waals surface area contributed by atoms with E-state index >= 15 is 0 Å².